The van der Waals surface area contributed by atoms with E-state index in [9.17, 15) is 4.79 Å². The Kier molecular flexibility index (Phi) is 3.46. The molecule has 2 fully saturated rings. The van der Waals surface area contributed by atoms with Gasteiger partial charge >= 0.3 is 0 Å². The standard InChI is InChI=1S/C18H24N2O/c21-18(20-11-16-8-12-1-2-14(16)7-12)15-4-3-13-5-6-19-10-17(13)9-15/h3-4,9,12,14,16,19H,1-2,5-8,10-11H2,(H,20,21). The summed E-state index contributed by atoms with van der Waals surface area (Å²) < 4.78 is 0. The van der Waals surface area contributed by atoms with Crippen LogP contribution >= 0.6 is 0 Å². The highest BCUT2D eigenvalue weighted by Gasteiger charge is 2.39. The molecule has 2 aliphatic carbocycles. The number of hydrogen-bond donors (Lipinski definition) is 2. The van der Waals surface area contributed by atoms with Crippen LogP contribution in [0.4, 0.5) is 0 Å². The zero-order valence-corrected chi connectivity index (χ0v) is 12.5. The molecule has 3 unspecified atom stereocenters. The Morgan fingerprint density at radius 1 is 1.24 bits per heavy atom. The van der Waals surface area contributed by atoms with Gasteiger partial charge in [0.1, 0.15) is 0 Å². The topological polar surface area (TPSA) is 41.1 Å². The number of benzene rings is 1. The Morgan fingerprint density at radius 3 is 3.00 bits per heavy atom. The number of carbonyl (C=O) groups excluding carboxylic acids is 1. The van der Waals surface area contributed by atoms with Gasteiger partial charge in [0.25, 0.3) is 5.91 Å². The Bertz CT molecular complexity index is 554. The van der Waals surface area contributed by atoms with Gasteiger partial charge in [-0.1, -0.05) is 12.5 Å². The highest BCUT2D eigenvalue weighted by atomic mass is 16.1. The molecule has 0 spiro atoms. The van der Waals surface area contributed by atoms with E-state index in [0.717, 1.165) is 49.4 Å². The monoisotopic (exact) mass is 284 g/mol. The van der Waals surface area contributed by atoms with Gasteiger partial charge < -0.3 is 10.6 Å². The van der Waals surface area contributed by atoms with Gasteiger partial charge in [0, 0.05) is 18.7 Å². The van der Waals surface area contributed by atoms with E-state index in [-0.39, 0.29) is 5.91 Å². The van der Waals surface area contributed by atoms with Gasteiger partial charge in [0.2, 0.25) is 0 Å². The van der Waals surface area contributed by atoms with E-state index in [2.05, 4.69) is 22.8 Å². The van der Waals surface area contributed by atoms with Crippen molar-refractivity contribution < 1.29 is 4.79 Å². The Hall–Kier alpha value is -1.35. The minimum absolute atomic E-state index is 0.103. The van der Waals surface area contributed by atoms with Crippen LogP contribution in [0.25, 0.3) is 0 Å². The van der Waals surface area contributed by atoms with Crippen LogP contribution in [-0.2, 0) is 13.0 Å². The molecule has 2 saturated carbocycles. The molecule has 1 aromatic rings. The number of rotatable bonds is 3. The van der Waals surface area contributed by atoms with Gasteiger partial charge in [0.15, 0.2) is 0 Å². The highest BCUT2D eigenvalue weighted by Crippen LogP contribution is 2.47. The second-order valence-corrected chi connectivity index (χ2v) is 7.06. The Morgan fingerprint density at radius 2 is 2.19 bits per heavy atom. The number of fused-ring (bicyclic) bond motifs is 3. The molecule has 1 heterocycles. The predicted octanol–water partition coefficient (Wildman–Crippen LogP) is 2.50. The number of nitrogens with one attached hydrogen (secondary N) is 2. The lowest BCUT2D eigenvalue weighted by molar-refractivity contribution is 0.0941. The van der Waals surface area contributed by atoms with Crippen LogP contribution in [0.15, 0.2) is 18.2 Å². The second-order valence-electron chi connectivity index (χ2n) is 7.06. The highest BCUT2D eigenvalue weighted by molar-refractivity contribution is 5.94. The fourth-order valence-electron chi connectivity index (χ4n) is 4.57. The molecule has 1 amide bonds. The molecule has 21 heavy (non-hydrogen) atoms. The second kappa shape index (κ2) is 5.45. The Balaban J connectivity index is 1.38. The third-order valence-electron chi connectivity index (χ3n) is 5.76. The fraction of sp³-hybridized carbons (Fsp3) is 0.611. The number of amides is 1. The smallest absolute Gasteiger partial charge is 0.251 e. The van der Waals surface area contributed by atoms with Crippen LogP contribution in [0, 0.1) is 17.8 Å². The molecular weight excluding hydrogens is 260 g/mol. The van der Waals surface area contributed by atoms with E-state index < -0.39 is 0 Å². The van der Waals surface area contributed by atoms with E-state index in [1.807, 2.05) is 6.07 Å². The first-order chi connectivity index (χ1) is 10.3. The zero-order valence-electron chi connectivity index (χ0n) is 12.5. The first-order valence-electron chi connectivity index (χ1n) is 8.40. The summed E-state index contributed by atoms with van der Waals surface area (Å²) in [7, 11) is 0. The average molecular weight is 284 g/mol. The maximum Gasteiger partial charge on any atom is 0.251 e. The van der Waals surface area contributed by atoms with Crippen molar-refractivity contribution >= 4 is 5.91 Å². The van der Waals surface area contributed by atoms with E-state index in [1.54, 1.807) is 0 Å². The van der Waals surface area contributed by atoms with Gasteiger partial charge in [-0.05, 0) is 73.2 Å². The largest absolute Gasteiger partial charge is 0.352 e. The maximum absolute atomic E-state index is 12.4. The van der Waals surface area contributed by atoms with Gasteiger partial charge in [0.05, 0.1) is 0 Å². The van der Waals surface area contributed by atoms with Crippen LogP contribution in [0.2, 0.25) is 0 Å². The average Bonchev–Trinajstić information content (AvgIpc) is 3.15. The molecule has 3 atom stereocenters. The maximum atomic E-state index is 12.4. The summed E-state index contributed by atoms with van der Waals surface area (Å²) in [6.45, 7) is 2.81. The molecule has 3 heteroatoms. The van der Waals surface area contributed by atoms with Gasteiger partial charge in [-0.2, -0.15) is 0 Å². The molecule has 0 radical (unpaired) electrons. The van der Waals surface area contributed by atoms with E-state index >= 15 is 0 Å². The molecule has 2 bridgehead atoms. The molecule has 2 N–H and O–H groups in total. The van der Waals surface area contributed by atoms with Gasteiger partial charge in [-0.25, -0.2) is 0 Å². The van der Waals surface area contributed by atoms with Gasteiger partial charge in [-0.15, -0.1) is 0 Å². The molecule has 3 aliphatic rings. The molecule has 112 valence electrons. The van der Waals surface area contributed by atoms with E-state index in [1.165, 1.54) is 36.8 Å². The Labute approximate surface area is 126 Å². The minimum Gasteiger partial charge on any atom is -0.352 e. The molecule has 3 nitrogen and oxygen atoms in total. The molecule has 1 aliphatic heterocycles. The third kappa shape index (κ3) is 2.59. The van der Waals surface area contributed by atoms with Crippen LogP contribution in [0.3, 0.4) is 0 Å². The summed E-state index contributed by atoms with van der Waals surface area (Å²) in [4.78, 5) is 12.4. The first kappa shape index (κ1) is 13.3. The molecule has 0 saturated heterocycles. The third-order valence-corrected chi connectivity index (χ3v) is 5.76. The van der Waals surface area contributed by atoms with Crippen LogP contribution in [-0.4, -0.2) is 19.0 Å². The van der Waals surface area contributed by atoms with Crippen molar-refractivity contribution in [1.82, 2.24) is 10.6 Å². The van der Waals surface area contributed by atoms with Gasteiger partial charge in [-0.3, -0.25) is 4.79 Å². The summed E-state index contributed by atoms with van der Waals surface area (Å²) in [5, 5.41) is 6.54. The SMILES string of the molecule is O=C(NCC1CC2CCC1C2)c1ccc2c(c1)CNCC2. The van der Waals surface area contributed by atoms with Crippen molar-refractivity contribution in [2.24, 2.45) is 17.8 Å². The van der Waals surface area contributed by atoms with Crippen molar-refractivity contribution in [2.45, 2.75) is 38.6 Å². The molecule has 4 rings (SSSR count). The van der Waals surface area contributed by atoms with Crippen molar-refractivity contribution in [2.75, 3.05) is 13.1 Å². The summed E-state index contributed by atoms with van der Waals surface area (Å²) in [6, 6.07) is 6.18. The van der Waals surface area contributed by atoms with Crippen LogP contribution < -0.4 is 10.6 Å². The summed E-state index contributed by atoms with van der Waals surface area (Å²) in [5.74, 6) is 2.66. The summed E-state index contributed by atoms with van der Waals surface area (Å²) in [5.41, 5.74) is 3.49. The lowest BCUT2D eigenvalue weighted by atomic mass is 9.89. The molecule has 0 aromatic heterocycles. The van der Waals surface area contributed by atoms with Crippen molar-refractivity contribution in [3.63, 3.8) is 0 Å². The van der Waals surface area contributed by atoms with Crippen molar-refractivity contribution in [3.05, 3.63) is 34.9 Å². The lowest BCUT2D eigenvalue weighted by Crippen LogP contribution is -2.32. The van der Waals surface area contributed by atoms with E-state index in [0.29, 0.717) is 0 Å². The summed E-state index contributed by atoms with van der Waals surface area (Å²) in [6.07, 6.45) is 6.62. The van der Waals surface area contributed by atoms with Crippen molar-refractivity contribution in [3.8, 4) is 0 Å². The van der Waals surface area contributed by atoms with Crippen LogP contribution in [0.1, 0.15) is 47.2 Å². The first-order valence-corrected chi connectivity index (χ1v) is 8.40. The lowest BCUT2D eigenvalue weighted by Gasteiger charge is -2.22. The predicted molar refractivity (Wildman–Crippen MR) is 83.1 cm³/mol. The zero-order chi connectivity index (χ0) is 14.2. The quantitative estimate of drug-likeness (QED) is 0.895. The summed E-state index contributed by atoms with van der Waals surface area (Å²) >= 11 is 0. The number of hydrogen-bond acceptors (Lipinski definition) is 2. The molecule has 1 aromatic carbocycles. The fourth-order valence-corrected chi connectivity index (χ4v) is 4.57. The normalized spacial score (nSPS) is 30.2. The van der Waals surface area contributed by atoms with Crippen LogP contribution in [0.5, 0.6) is 0 Å². The van der Waals surface area contributed by atoms with E-state index in [4.69, 9.17) is 0 Å². The molecular formula is C18H24N2O. The van der Waals surface area contributed by atoms with Crippen molar-refractivity contribution in [1.29, 1.82) is 0 Å². The minimum atomic E-state index is 0.103. The number of carbonyl (C=O) groups is 1.